The molecule has 6 heteroatoms. The molecule has 0 aromatic carbocycles. The largest absolute Gasteiger partial charge is 0.461 e. The number of aliphatic hydroxyl groups excluding tert-OH is 1. The zero-order chi connectivity index (χ0) is 20.8. The third-order valence-electron chi connectivity index (χ3n) is 8.94. The van der Waals surface area contributed by atoms with Gasteiger partial charge >= 0.3 is 5.97 Å². The van der Waals surface area contributed by atoms with E-state index in [9.17, 15) is 14.7 Å². The van der Waals surface area contributed by atoms with Crippen molar-refractivity contribution in [1.29, 1.82) is 0 Å². The van der Waals surface area contributed by atoms with Crippen molar-refractivity contribution in [3.8, 4) is 0 Å². The molecule has 2 heterocycles. The summed E-state index contributed by atoms with van der Waals surface area (Å²) in [4.78, 5) is 25.6. The molecule has 0 bridgehead atoms. The van der Waals surface area contributed by atoms with Crippen LogP contribution in [0.25, 0.3) is 0 Å². The van der Waals surface area contributed by atoms with E-state index in [0.29, 0.717) is 13.0 Å². The van der Waals surface area contributed by atoms with Gasteiger partial charge in [-0.15, -0.1) is 0 Å². The molecule has 3 aliphatic carbocycles. The standard InChI is InChI=1S/C23H34O6/c1-5-6-7-8-9-10-14(24)28-18-15-13(11-20(18,2)3)16(25)23-19(29-23)17(26)22(12-27-22)21(15,23)4/h13,15-16,18-19,25H,5-12H2,1-4H3/t13-,15?,16+,18+,19+,21+,22-,23?/m0/s1. The van der Waals surface area contributed by atoms with Gasteiger partial charge in [-0.25, -0.2) is 0 Å². The lowest BCUT2D eigenvalue weighted by atomic mass is 9.65. The fourth-order valence-electron chi connectivity index (χ4n) is 7.39. The molecule has 0 aromatic heterocycles. The molecule has 8 atom stereocenters. The van der Waals surface area contributed by atoms with Crippen molar-refractivity contribution in [1.82, 2.24) is 0 Å². The quantitative estimate of drug-likeness (QED) is 0.397. The number of epoxide rings is 2. The molecular formula is C23H34O6. The molecule has 29 heavy (non-hydrogen) atoms. The highest BCUT2D eigenvalue weighted by atomic mass is 16.7. The molecule has 0 radical (unpaired) electrons. The normalized spacial score (nSPS) is 50.4. The SMILES string of the molecule is CCCCCCCC(=O)O[C@@H]1C2[C@H](CC1(C)C)[C@@H](O)C13O[C@@H]1C(=O)[C@@]1(CO1)[C@@]23C. The Morgan fingerprint density at radius 2 is 1.90 bits per heavy atom. The second kappa shape index (κ2) is 6.04. The van der Waals surface area contributed by atoms with Crippen LogP contribution in [0.2, 0.25) is 0 Å². The predicted octanol–water partition coefficient (Wildman–Crippen LogP) is 2.79. The van der Waals surface area contributed by atoms with Crippen LogP contribution in [-0.4, -0.2) is 53.0 Å². The summed E-state index contributed by atoms with van der Waals surface area (Å²) >= 11 is 0. The zero-order valence-corrected chi connectivity index (χ0v) is 18.0. The minimum Gasteiger partial charge on any atom is -0.461 e. The molecule has 162 valence electrons. The minimum absolute atomic E-state index is 0.0248. The van der Waals surface area contributed by atoms with Gasteiger partial charge in [0, 0.05) is 23.2 Å². The Labute approximate surface area is 172 Å². The molecule has 5 aliphatic rings. The summed E-state index contributed by atoms with van der Waals surface area (Å²) in [6.07, 6.45) is 4.98. The molecule has 5 fully saturated rings. The van der Waals surface area contributed by atoms with E-state index in [0.717, 1.165) is 25.7 Å². The highest BCUT2D eigenvalue weighted by molar-refractivity contribution is 6.02. The second-order valence-corrected chi connectivity index (χ2v) is 10.9. The predicted molar refractivity (Wildman–Crippen MR) is 104 cm³/mol. The van der Waals surface area contributed by atoms with Crippen LogP contribution >= 0.6 is 0 Å². The summed E-state index contributed by atoms with van der Waals surface area (Å²) in [6, 6.07) is 0. The number of Topliss-reactive ketones (excluding diaryl/α,β-unsaturated/α-hetero) is 1. The number of unbranched alkanes of at least 4 members (excludes halogenated alkanes) is 4. The van der Waals surface area contributed by atoms with Crippen LogP contribution in [-0.2, 0) is 23.8 Å². The molecule has 3 saturated carbocycles. The molecule has 2 aliphatic heterocycles. The van der Waals surface area contributed by atoms with Gasteiger partial charge in [-0.3, -0.25) is 9.59 Å². The summed E-state index contributed by atoms with van der Waals surface area (Å²) in [7, 11) is 0. The van der Waals surface area contributed by atoms with E-state index in [1.54, 1.807) is 0 Å². The molecule has 6 nitrogen and oxygen atoms in total. The zero-order valence-electron chi connectivity index (χ0n) is 18.0. The summed E-state index contributed by atoms with van der Waals surface area (Å²) in [5, 5.41) is 11.2. The van der Waals surface area contributed by atoms with Gasteiger partial charge < -0.3 is 19.3 Å². The molecule has 2 saturated heterocycles. The highest BCUT2D eigenvalue weighted by Crippen LogP contribution is 2.81. The van der Waals surface area contributed by atoms with Crippen molar-refractivity contribution in [2.24, 2.45) is 22.7 Å². The molecule has 1 N–H and O–H groups in total. The van der Waals surface area contributed by atoms with E-state index in [-0.39, 0.29) is 35.1 Å². The number of hydrogen-bond acceptors (Lipinski definition) is 6. The van der Waals surface area contributed by atoms with E-state index in [1.807, 2.05) is 6.92 Å². The minimum atomic E-state index is -0.860. The van der Waals surface area contributed by atoms with Crippen molar-refractivity contribution < 1.29 is 28.9 Å². The number of ketones is 1. The smallest absolute Gasteiger partial charge is 0.306 e. The van der Waals surface area contributed by atoms with Gasteiger partial charge in [-0.1, -0.05) is 53.4 Å². The average Bonchev–Trinajstić information content (AvgIpc) is 3.55. The van der Waals surface area contributed by atoms with E-state index in [4.69, 9.17) is 14.2 Å². The fourth-order valence-corrected chi connectivity index (χ4v) is 7.39. The Balaban J connectivity index is 1.38. The monoisotopic (exact) mass is 406 g/mol. The number of aliphatic hydroxyl groups is 1. The van der Waals surface area contributed by atoms with Crippen molar-refractivity contribution in [3.05, 3.63) is 0 Å². The van der Waals surface area contributed by atoms with Crippen molar-refractivity contribution in [3.63, 3.8) is 0 Å². The molecule has 2 spiro atoms. The van der Waals surface area contributed by atoms with Gasteiger partial charge in [-0.05, 0) is 18.8 Å². The third-order valence-corrected chi connectivity index (χ3v) is 8.94. The lowest BCUT2D eigenvalue weighted by Gasteiger charge is -2.41. The van der Waals surface area contributed by atoms with E-state index in [1.165, 1.54) is 12.8 Å². The van der Waals surface area contributed by atoms with Crippen molar-refractivity contribution in [2.75, 3.05) is 6.61 Å². The number of fused-ring (bicyclic) bond motifs is 3. The van der Waals surface area contributed by atoms with E-state index >= 15 is 0 Å². The Kier molecular flexibility index (Phi) is 4.16. The lowest BCUT2D eigenvalue weighted by molar-refractivity contribution is -0.163. The summed E-state index contributed by atoms with van der Waals surface area (Å²) in [6.45, 7) is 8.81. The molecule has 5 rings (SSSR count). The Morgan fingerprint density at radius 3 is 2.55 bits per heavy atom. The number of hydrogen-bond donors (Lipinski definition) is 1. The maximum absolute atomic E-state index is 12.9. The maximum Gasteiger partial charge on any atom is 0.306 e. The number of ether oxygens (including phenoxy) is 3. The number of carbonyl (C=O) groups is 2. The number of esters is 1. The first-order valence-corrected chi connectivity index (χ1v) is 11.4. The number of rotatable bonds is 7. The first-order valence-electron chi connectivity index (χ1n) is 11.4. The van der Waals surface area contributed by atoms with Crippen LogP contribution in [0.3, 0.4) is 0 Å². The van der Waals surface area contributed by atoms with Gasteiger partial charge in [0.2, 0.25) is 0 Å². The summed E-state index contributed by atoms with van der Waals surface area (Å²) < 4.78 is 17.8. The first-order chi connectivity index (χ1) is 13.7. The second-order valence-electron chi connectivity index (χ2n) is 10.9. The first kappa shape index (κ1) is 20.0. The van der Waals surface area contributed by atoms with Crippen LogP contribution < -0.4 is 0 Å². The summed E-state index contributed by atoms with van der Waals surface area (Å²) in [5.41, 5.74) is -2.62. The van der Waals surface area contributed by atoms with Crippen LogP contribution in [0, 0.1) is 22.7 Å². The van der Waals surface area contributed by atoms with Crippen LogP contribution in [0.4, 0.5) is 0 Å². The Morgan fingerprint density at radius 1 is 1.21 bits per heavy atom. The van der Waals surface area contributed by atoms with Crippen LogP contribution in [0.15, 0.2) is 0 Å². The van der Waals surface area contributed by atoms with E-state index in [2.05, 4.69) is 20.8 Å². The Bertz CT molecular complexity index is 742. The molecule has 0 aromatic rings. The van der Waals surface area contributed by atoms with Gasteiger partial charge in [0.15, 0.2) is 17.5 Å². The summed E-state index contributed by atoms with van der Waals surface area (Å²) in [5.74, 6) is -0.363. The fraction of sp³-hybridized carbons (Fsp3) is 0.913. The van der Waals surface area contributed by atoms with Gasteiger partial charge in [-0.2, -0.15) is 0 Å². The van der Waals surface area contributed by atoms with Crippen molar-refractivity contribution >= 4 is 11.8 Å². The van der Waals surface area contributed by atoms with Crippen LogP contribution in [0.5, 0.6) is 0 Å². The van der Waals surface area contributed by atoms with Gasteiger partial charge in [0.25, 0.3) is 0 Å². The van der Waals surface area contributed by atoms with Crippen LogP contribution in [0.1, 0.15) is 72.6 Å². The van der Waals surface area contributed by atoms with Gasteiger partial charge in [0.05, 0.1) is 12.7 Å². The highest BCUT2D eigenvalue weighted by Gasteiger charge is 2.97. The average molecular weight is 407 g/mol. The Hall–Kier alpha value is -0.980. The van der Waals surface area contributed by atoms with Crippen molar-refractivity contribution in [2.45, 2.75) is 102 Å². The maximum atomic E-state index is 12.9. The molecular weight excluding hydrogens is 372 g/mol. The molecule has 0 amide bonds. The van der Waals surface area contributed by atoms with Gasteiger partial charge in [0.1, 0.15) is 11.7 Å². The molecule has 2 unspecified atom stereocenters. The van der Waals surface area contributed by atoms with E-state index < -0.39 is 28.8 Å². The topological polar surface area (TPSA) is 88.7 Å². The third kappa shape index (κ3) is 2.23. The number of carbonyl (C=O) groups excluding carboxylic acids is 2. The lowest BCUT2D eigenvalue weighted by Crippen LogP contribution is -2.53.